The van der Waals surface area contributed by atoms with Gasteiger partial charge in [0.1, 0.15) is 4.90 Å². The molecule has 7 rings (SSSR count). The van der Waals surface area contributed by atoms with Crippen molar-refractivity contribution in [3.8, 4) is 17.1 Å². The zero-order chi connectivity index (χ0) is 38.6. The third-order valence-electron chi connectivity index (χ3n) is 7.96. The number of benzene rings is 5. The molecule has 0 aliphatic carbocycles. The SMILES string of the molecule is Cc1[nH]n(-c2ccccc2)c(=O)c1N=Nc1c([O-])cc(S(=O)(=O)O)c2ccccc12.Cc1[nH]n(-c2ccccc2)c(=O)c1N=Nc1ccccc1C(=O)[O-].[Cr].[Na+].[Na+]. The van der Waals surface area contributed by atoms with Crippen molar-refractivity contribution in [2.24, 2.45) is 20.5 Å². The van der Waals surface area contributed by atoms with Crippen LogP contribution in [0.5, 0.6) is 5.75 Å². The molecule has 57 heavy (non-hydrogen) atoms. The Hall–Kier alpha value is -4.71. The minimum Gasteiger partial charge on any atom is -0.871 e. The van der Waals surface area contributed by atoms with Gasteiger partial charge in [-0.2, -0.15) is 13.5 Å². The van der Waals surface area contributed by atoms with Crippen LogP contribution < -0.4 is 80.4 Å². The van der Waals surface area contributed by atoms with Gasteiger partial charge in [-0.3, -0.25) is 24.3 Å². The van der Waals surface area contributed by atoms with Crippen LogP contribution in [0.15, 0.2) is 150 Å². The monoisotopic (exact) mass is 842 g/mol. The molecule has 0 amide bonds. The summed E-state index contributed by atoms with van der Waals surface area (Å²) in [5, 5.41) is 45.5. The van der Waals surface area contributed by atoms with Crippen LogP contribution in [0.1, 0.15) is 21.7 Å². The summed E-state index contributed by atoms with van der Waals surface area (Å²) in [6.07, 6.45) is 0. The second-order valence-electron chi connectivity index (χ2n) is 11.6. The Labute approximate surface area is 379 Å². The number of carboxylic acid groups (broad SMARTS) is 1. The van der Waals surface area contributed by atoms with E-state index in [0.29, 0.717) is 22.8 Å². The number of carbonyl (C=O) groups is 1. The first kappa shape index (κ1) is 46.7. The summed E-state index contributed by atoms with van der Waals surface area (Å²) in [6, 6.07) is 30.9. The summed E-state index contributed by atoms with van der Waals surface area (Å²) >= 11 is 0. The van der Waals surface area contributed by atoms with E-state index >= 15 is 0 Å². The van der Waals surface area contributed by atoms with Crippen LogP contribution in [0.4, 0.5) is 22.7 Å². The van der Waals surface area contributed by atoms with Crippen molar-refractivity contribution < 1.29 is 104 Å². The maximum absolute atomic E-state index is 12.7. The van der Waals surface area contributed by atoms with Gasteiger partial charge in [0.05, 0.1) is 40.1 Å². The summed E-state index contributed by atoms with van der Waals surface area (Å²) in [6.45, 7) is 3.34. The molecule has 0 fully saturated rings. The number of carbonyl (C=O) groups excluding carboxylic acids is 1. The van der Waals surface area contributed by atoms with Gasteiger partial charge in [0.25, 0.3) is 21.2 Å². The number of rotatable bonds is 8. The zero-order valence-electron chi connectivity index (χ0n) is 30.8. The van der Waals surface area contributed by atoms with E-state index in [0.717, 1.165) is 6.07 Å². The summed E-state index contributed by atoms with van der Waals surface area (Å²) in [4.78, 5) is 35.8. The Morgan fingerprint density at radius 3 is 1.56 bits per heavy atom. The van der Waals surface area contributed by atoms with E-state index in [1.54, 1.807) is 74.5 Å². The Morgan fingerprint density at radius 2 is 1.07 bits per heavy atom. The molecule has 0 spiro atoms. The fraction of sp³-hybridized carbons (Fsp3) is 0.0541. The number of hydrogen-bond acceptors (Lipinski definition) is 11. The molecule has 0 aliphatic rings. The van der Waals surface area contributed by atoms with Gasteiger partial charge < -0.3 is 15.0 Å². The van der Waals surface area contributed by atoms with Crippen molar-refractivity contribution in [3.05, 3.63) is 153 Å². The number of aromatic nitrogens is 4. The van der Waals surface area contributed by atoms with Crippen molar-refractivity contribution in [1.82, 2.24) is 19.6 Å². The molecule has 0 atom stereocenters. The fourth-order valence-electron chi connectivity index (χ4n) is 5.39. The van der Waals surface area contributed by atoms with E-state index in [4.69, 9.17) is 0 Å². The van der Waals surface area contributed by atoms with Gasteiger partial charge in [0.2, 0.25) is 0 Å². The third kappa shape index (κ3) is 10.4. The van der Waals surface area contributed by atoms with E-state index in [-0.39, 0.29) is 121 Å². The molecule has 5 aromatic carbocycles. The van der Waals surface area contributed by atoms with E-state index in [1.807, 2.05) is 24.3 Å². The maximum atomic E-state index is 12.7. The molecule has 0 saturated heterocycles. The van der Waals surface area contributed by atoms with Crippen LogP contribution in [0, 0.1) is 13.8 Å². The molecular weight excluding hydrogens is 814 g/mol. The molecule has 278 valence electrons. The standard InChI is InChI=1S/C20H16N4O5S.C17H14N4O3.Cr.2Na/c1-12-18(20(26)24(23-12)13-7-3-2-4-8-13)21-22-19-15-10-6-5-9-14(15)17(11-16(19)25)30(27,28)29;1-11-15(16(22)21(20-11)12-7-3-2-4-8-12)19-18-14-10-6-5-9-13(14)17(23)24;;;/h2-11,23,25H,1H3,(H,27,28,29);2-10,20H,1H3,(H,23,24);;;/q;;;2*+1/p-2. The van der Waals surface area contributed by atoms with Crippen molar-refractivity contribution >= 4 is 49.6 Å². The molecule has 3 N–H and O–H groups in total. The number of nitrogens with zero attached hydrogens (tertiary/aromatic N) is 6. The Kier molecular flexibility index (Phi) is 16.5. The summed E-state index contributed by atoms with van der Waals surface area (Å²) in [5.74, 6) is -2.10. The molecule has 0 radical (unpaired) electrons. The minimum absolute atomic E-state index is 0. The van der Waals surface area contributed by atoms with Crippen molar-refractivity contribution in [3.63, 3.8) is 0 Å². The smallest absolute Gasteiger partial charge is 0.871 e. The first-order valence-corrected chi connectivity index (χ1v) is 17.4. The van der Waals surface area contributed by atoms with Gasteiger partial charge in [-0.15, -0.1) is 15.3 Å². The number of fused-ring (bicyclic) bond motifs is 1. The van der Waals surface area contributed by atoms with Crippen molar-refractivity contribution in [2.75, 3.05) is 0 Å². The minimum atomic E-state index is -4.61. The van der Waals surface area contributed by atoms with E-state index < -0.39 is 32.3 Å². The van der Waals surface area contributed by atoms with Gasteiger partial charge in [-0.05, 0) is 50.2 Å². The maximum Gasteiger partial charge on any atom is 1.00 e. The van der Waals surface area contributed by atoms with Gasteiger partial charge in [0.15, 0.2) is 11.4 Å². The second-order valence-corrected chi connectivity index (χ2v) is 13.0. The molecule has 0 bridgehead atoms. The first-order chi connectivity index (χ1) is 25.8. The summed E-state index contributed by atoms with van der Waals surface area (Å²) < 4.78 is 35.3. The Bertz CT molecular complexity index is 2820. The van der Waals surface area contributed by atoms with Gasteiger partial charge in [-0.25, -0.2) is 9.36 Å². The van der Waals surface area contributed by atoms with Crippen LogP contribution >= 0.6 is 0 Å². The predicted molar refractivity (Wildman–Crippen MR) is 195 cm³/mol. The molecule has 2 heterocycles. The quantitative estimate of drug-likeness (QED) is 0.103. The van der Waals surface area contributed by atoms with Crippen LogP contribution in [0.25, 0.3) is 22.1 Å². The van der Waals surface area contributed by atoms with E-state index in [2.05, 4.69) is 30.7 Å². The van der Waals surface area contributed by atoms with Crippen LogP contribution in [-0.4, -0.2) is 38.5 Å². The Balaban J connectivity index is 0.000000296. The molecule has 0 unspecified atom stereocenters. The number of carboxylic acids is 1. The van der Waals surface area contributed by atoms with Gasteiger partial charge in [0, 0.05) is 33.7 Å². The predicted octanol–water partition coefficient (Wildman–Crippen LogP) is -0.379. The summed E-state index contributed by atoms with van der Waals surface area (Å²) in [5.41, 5.74) is 1.47. The number of azo groups is 2. The molecule has 0 aliphatic heterocycles. The number of aromatic carboxylic acids is 1. The van der Waals surface area contributed by atoms with E-state index in [1.165, 1.54) is 33.6 Å². The van der Waals surface area contributed by atoms with Crippen molar-refractivity contribution in [1.29, 1.82) is 0 Å². The first-order valence-electron chi connectivity index (χ1n) is 15.9. The number of aromatic amines is 2. The molecule has 2 aromatic heterocycles. The third-order valence-corrected chi connectivity index (χ3v) is 8.86. The molecular formula is C37H28CrN8Na2O8S. The number of H-pyrrole nitrogens is 2. The van der Waals surface area contributed by atoms with Crippen LogP contribution in [0.2, 0.25) is 0 Å². The van der Waals surface area contributed by atoms with Crippen molar-refractivity contribution in [2.45, 2.75) is 18.7 Å². The Morgan fingerprint density at radius 1 is 0.649 bits per heavy atom. The normalized spacial score (nSPS) is 11.0. The van der Waals surface area contributed by atoms with Gasteiger partial charge >= 0.3 is 59.1 Å². The average Bonchev–Trinajstić information content (AvgIpc) is 3.62. The number of nitrogens with one attached hydrogen (secondary N) is 2. The van der Waals surface area contributed by atoms with Crippen LogP contribution in [0.3, 0.4) is 0 Å². The average molecular weight is 843 g/mol. The summed E-state index contributed by atoms with van der Waals surface area (Å²) in [7, 11) is -4.61. The van der Waals surface area contributed by atoms with Gasteiger partial charge in [-0.1, -0.05) is 84.6 Å². The van der Waals surface area contributed by atoms with E-state index in [9.17, 15) is 37.6 Å². The molecule has 7 aromatic rings. The largest absolute Gasteiger partial charge is 1.00 e. The number of hydrogen-bond donors (Lipinski definition) is 3. The molecule has 20 heteroatoms. The molecule has 0 saturated carbocycles. The molecule has 16 nitrogen and oxygen atoms in total. The zero-order valence-corrected chi connectivity index (χ0v) is 36.9. The van der Waals surface area contributed by atoms with Crippen LogP contribution in [-0.2, 0) is 27.5 Å². The second kappa shape index (κ2) is 20.1. The topological polar surface area (TPSA) is 243 Å². The number of para-hydroxylation sites is 2. The fourth-order valence-corrected chi connectivity index (χ4v) is 6.10. The number of aryl methyl sites for hydroxylation is 2.